The number of hydrogen-bond acceptors (Lipinski definition) is 3. The number of benzene rings is 1. The summed E-state index contributed by atoms with van der Waals surface area (Å²) in [6, 6.07) is 4.24. The molecule has 2 N–H and O–H groups in total. The second-order valence-corrected chi connectivity index (χ2v) is 4.65. The molecule has 0 aromatic heterocycles. The number of esters is 1. The second kappa shape index (κ2) is 4.99. The van der Waals surface area contributed by atoms with Crippen molar-refractivity contribution in [2.45, 2.75) is 26.4 Å². The van der Waals surface area contributed by atoms with E-state index in [9.17, 15) is 9.18 Å². The van der Waals surface area contributed by atoms with Crippen molar-refractivity contribution in [3.05, 3.63) is 35.7 Å². The lowest BCUT2D eigenvalue weighted by atomic mass is 10.1. The lowest BCUT2D eigenvalue weighted by Gasteiger charge is -2.17. The first-order valence-electron chi connectivity index (χ1n) is 5.24. The summed E-state index contributed by atoms with van der Waals surface area (Å²) in [4.78, 5) is 11.4. The Hall–Kier alpha value is -1.84. The van der Waals surface area contributed by atoms with Crippen LogP contribution in [0.25, 0.3) is 6.08 Å². The van der Waals surface area contributed by atoms with Crippen molar-refractivity contribution in [2.24, 2.45) is 0 Å². The van der Waals surface area contributed by atoms with Crippen molar-refractivity contribution >= 4 is 17.7 Å². The number of nitrogens with two attached hydrogens (primary N) is 1. The Kier molecular flexibility index (Phi) is 3.89. The molecule has 1 rings (SSSR count). The third kappa shape index (κ3) is 4.68. The van der Waals surface area contributed by atoms with E-state index >= 15 is 0 Å². The van der Waals surface area contributed by atoms with Crippen LogP contribution in [0.5, 0.6) is 0 Å². The van der Waals surface area contributed by atoms with Crippen LogP contribution in [0.1, 0.15) is 26.3 Å². The Balaban J connectivity index is 2.71. The van der Waals surface area contributed by atoms with E-state index in [1.165, 1.54) is 30.4 Å². The Morgan fingerprint density at radius 1 is 1.41 bits per heavy atom. The van der Waals surface area contributed by atoms with Crippen molar-refractivity contribution in [1.82, 2.24) is 0 Å². The van der Waals surface area contributed by atoms with E-state index in [0.29, 0.717) is 5.56 Å². The van der Waals surface area contributed by atoms with Crippen molar-refractivity contribution < 1.29 is 13.9 Å². The molecule has 0 saturated heterocycles. The zero-order chi connectivity index (χ0) is 13.1. The van der Waals surface area contributed by atoms with Gasteiger partial charge in [0.2, 0.25) is 0 Å². The normalized spacial score (nSPS) is 11.8. The fourth-order valence-corrected chi connectivity index (χ4v) is 1.17. The maximum Gasteiger partial charge on any atom is 0.331 e. The number of nitrogen functional groups attached to an aromatic ring is 1. The summed E-state index contributed by atoms with van der Waals surface area (Å²) >= 11 is 0. The van der Waals surface area contributed by atoms with E-state index in [0.717, 1.165) is 0 Å². The highest BCUT2D eigenvalue weighted by Gasteiger charge is 2.13. The maximum absolute atomic E-state index is 12.9. The molecule has 0 fully saturated rings. The van der Waals surface area contributed by atoms with Gasteiger partial charge in [0.1, 0.15) is 11.4 Å². The lowest BCUT2D eigenvalue weighted by Crippen LogP contribution is -2.22. The first-order chi connectivity index (χ1) is 7.78. The van der Waals surface area contributed by atoms with Gasteiger partial charge in [0, 0.05) is 6.08 Å². The van der Waals surface area contributed by atoms with E-state index in [1.807, 2.05) is 0 Å². The molecule has 0 aliphatic rings. The molecule has 0 heterocycles. The van der Waals surface area contributed by atoms with Gasteiger partial charge >= 0.3 is 5.97 Å². The van der Waals surface area contributed by atoms with Crippen LogP contribution in [-0.2, 0) is 9.53 Å². The summed E-state index contributed by atoms with van der Waals surface area (Å²) in [6.07, 6.45) is 2.82. The third-order valence-electron chi connectivity index (χ3n) is 1.84. The summed E-state index contributed by atoms with van der Waals surface area (Å²) in [5.41, 5.74) is 5.58. The third-order valence-corrected chi connectivity index (χ3v) is 1.84. The lowest BCUT2D eigenvalue weighted by molar-refractivity contribution is -0.148. The molecule has 4 heteroatoms. The first-order valence-corrected chi connectivity index (χ1v) is 5.24. The largest absolute Gasteiger partial charge is 0.457 e. The number of ether oxygens (including phenoxy) is 1. The van der Waals surface area contributed by atoms with Gasteiger partial charge in [-0.15, -0.1) is 0 Å². The van der Waals surface area contributed by atoms with Crippen molar-refractivity contribution in [3.8, 4) is 0 Å². The predicted molar refractivity (Wildman–Crippen MR) is 65.7 cm³/mol. The molecule has 0 radical (unpaired) electrons. The molecular formula is C13H16FNO2. The standard InChI is InChI=1S/C13H16FNO2/c1-13(2,3)17-12(16)7-5-9-4-6-10(14)11(15)8-9/h4-8H,15H2,1-3H3/b7-5+. The van der Waals surface area contributed by atoms with Gasteiger partial charge in [-0.2, -0.15) is 0 Å². The smallest absolute Gasteiger partial charge is 0.331 e. The molecule has 17 heavy (non-hydrogen) atoms. The van der Waals surface area contributed by atoms with Crippen molar-refractivity contribution in [3.63, 3.8) is 0 Å². The minimum absolute atomic E-state index is 0.0522. The van der Waals surface area contributed by atoms with Crippen LogP contribution in [0.4, 0.5) is 10.1 Å². The van der Waals surface area contributed by atoms with Crippen LogP contribution in [0.15, 0.2) is 24.3 Å². The van der Waals surface area contributed by atoms with Crippen molar-refractivity contribution in [2.75, 3.05) is 5.73 Å². The highest BCUT2D eigenvalue weighted by Crippen LogP contribution is 2.14. The van der Waals surface area contributed by atoms with Gasteiger partial charge in [0.25, 0.3) is 0 Å². The van der Waals surface area contributed by atoms with E-state index in [-0.39, 0.29) is 5.69 Å². The molecule has 0 bridgehead atoms. The minimum atomic E-state index is -0.525. The quantitative estimate of drug-likeness (QED) is 0.489. The molecule has 0 amide bonds. The van der Waals surface area contributed by atoms with Crippen LogP contribution in [0, 0.1) is 5.82 Å². The summed E-state index contributed by atoms with van der Waals surface area (Å²) < 4.78 is 18.0. The molecule has 0 aliphatic carbocycles. The highest BCUT2D eigenvalue weighted by atomic mass is 19.1. The number of carbonyl (C=O) groups excluding carboxylic acids is 1. The van der Waals surface area contributed by atoms with E-state index in [2.05, 4.69) is 0 Å². The Labute approximate surface area is 100 Å². The summed E-state index contributed by atoms with van der Waals surface area (Å²) in [5, 5.41) is 0. The SMILES string of the molecule is CC(C)(C)OC(=O)/C=C/c1ccc(F)c(N)c1. The molecule has 1 aromatic carbocycles. The number of hydrogen-bond donors (Lipinski definition) is 1. The van der Waals surface area contributed by atoms with Crippen LogP contribution in [-0.4, -0.2) is 11.6 Å². The molecule has 0 saturated carbocycles. The van der Waals surface area contributed by atoms with Gasteiger partial charge < -0.3 is 10.5 Å². The molecule has 0 unspecified atom stereocenters. The monoisotopic (exact) mass is 237 g/mol. The molecule has 1 aromatic rings. The summed E-state index contributed by atoms with van der Waals surface area (Å²) in [5.74, 6) is -0.917. The van der Waals surface area contributed by atoms with E-state index in [4.69, 9.17) is 10.5 Å². The van der Waals surface area contributed by atoms with Gasteiger partial charge in [0.15, 0.2) is 0 Å². The summed E-state index contributed by atoms with van der Waals surface area (Å²) in [7, 11) is 0. The van der Waals surface area contributed by atoms with Gasteiger partial charge in [-0.05, 0) is 44.5 Å². The fraction of sp³-hybridized carbons (Fsp3) is 0.308. The Bertz CT molecular complexity index is 447. The molecule has 0 atom stereocenters. The van der Waals surface area contributed by atoms with Crippen LogP contribution < -0.4 is 5.73 Å². The van der Waals surface area contributed by atoms with Crippen LogP contribution in [0.3, 0.4) is 0 Å². The Morgan fingerprint density at radius 2 is 2.06 bits per heavy atom. The predicted octanol–water partition coefficient (Wildman–Crippen LogP) is 2.76. The minimum Gasteiger partial charge on any atom is -0.457 e. The summed E-state index contributed by atoms with van der Waals surface area (Å²) in [6.45, 7) is 5.36. The number of halogens is 1. The topological polar surface area (TPSA) is 52.3 Å². The first kappa shape index (κ1) is 13.2. The highest BCUT2D eigenvalue weighted by molar-refractivity contribution is 5.87. The second-order valence-electron chi connectivity index (χ2n) is 4.65. The zero-order valence-corrected chi connectivity index (χ0v) is 10.2. The van der Waals surface area contributed by atoms with Gasteiger partial charge in [-0.25, -0.2) is 9.18 Å². The average Bonchev–Trinajstić information content (AvgIpc) is 2.17. The average molecular weight is 237 g/mol. The zero-order valence-electron chi connectivity index (χ0n) is 10.2. The number of carbonyl (C=O) groups is 1. The molecule has 0 aliphatic heterocycles. The van der Waals surface area contributed by atoms with Crippen LogP contribution in [0.2, 0.25) is 0 Å². The van der Waals surface area contributed by atoms with Crippen molar-refractivity contribution in [1.29, 1.82) is 0 Å². The van der Waals surface area contributed by atoms with Gasteiger partial charge in [-0.1, -0.05) is 6.07 Å². The van der Waals surface area contributed by atoms with Gasteiger partial charge in [0.05, 0.1) is 5.69 Å². The van der Waals surface area contributed by atoms with E-state index in [1.54, 1.807) is 20.8 Å². The fourth-order valence-electron chi connectivity index (χ4n) is 1.17. The van der Waals surface area contributed by atoms with Gasteiger partial charge in [-0.3, -0.25) is 0 Å². The number of rotatable bonds is 2. The van der Waals surface area contributed by atoms with E-state index < -0.39 is 17.4 Å². The molecule has 0 spiro atoms. The molecule has 92 valence electrons. The Morgan fingerprint density at radius 3 is 2.59 bits per heavy atom. The van der Waals surface area contributed by atoms with Crippen LogP contribution >= 0.6 is 0 Å². The maximum atomic E-state index is 12.9. The molecular weight excluding hydrogens is 221 g/mol. The molecule has 3 nitrogen and oxygen atoms in total. The number of anilines is 1.